The number of urea groups is 1. The SMILES string of the molecule is CCC1CCCN(C(=O)N(CCOC)CC(=O)O)CC1. The van der Waals surface area contributed by atoms with E-state index in [1.807, 2.05) is 0 Å². The summed E-state index contributed by atoms with van der Waals surface area (Å²) in [5.74, 6) is -0.310. The highest BCUT2D eigenvalue weighted by Crippen LogP contribution is 2.20. The fourth-order valence-corrected chi connectivity index (χ4v) is 2.57. The van der Waals surface area contributed by atoms with Gasteiger partial charge in [-0.05, 0) is 25.2 Å². The highest BCUT2D eigenvalue weighted by Gasteiger charge is 2.25. The number of likely N-dealkylation sites (tertiary alicyclic amines) is 1. The van der Waals surface area contributed by atoms with Gasteiger partial charge in [0.2, 0.25) is 0 Å². The molecule has 0 bridgehead atoms. The molecule has 0 aromatic carbocycles. The number of aliphatic carboxylic acids is 1. The third kappa shape index (κ3) is 5.36. The van der Waals surface area contributed by atoms with Gasteiger partial charge < -0.3 is 19.6 Å². The molecule has 1 unspecified atom stereocenters. The molecule has 6 heteroatoms. The smallest absolute Gasteiger partial charge is 0.323 e. The number of hydrogen-bond donors (Lipinski definition) is 1. The third-order valence-electron chi connectivity index (χ3n) is 3.86. The maximum Gasteiger partial charge on any atom is 0.323 e. The number of ether oxygens (including phenoxy) is 1. The lowest BCUT2D eigenvalue weighted by Gasteiger charge is -2.28. The topological polar surface area (TPSA) is 70.1 Å². The van der Waals surface area contributed by atoms with E-state index in [9.17, 15) is 9.59 Å². The van der Waals surface area contributed by atoms with E-state index < -0.39 is 5.97 Å². The number of carbonyl (C=O) groups excluding carboxylic acids is 1. The van der Waals surface area contributed by atoms with Crippen LogP contribution >= 0.6 is 0 Å². The second kappa shape index (κ2) is 8.79. The van der Waals surface area contributed by atoms with Crippen molar-refractivity contribution in [2.45, 2.75) is 32.6 Å². The molecule has 0 aliphatic carbocycles. The van der Waals surface area contributed by atoms with Crippen molar-refractivity contribution >= 4 is 12.0 Å². The van der Waals surface area contributed by atoms with Gasteiger partial charge in [0, 0.05) is 26.7 Å². The number of rotatable bonds is 6. The molecule has 0 aromatic rings. The molecular weight excluding hydrogens is 260 g/mol. The van der Waals surface area contributed by atoms with Gasteiger partial charge in [0.1, 0.15) is 6.54 Å². The molecule has 2 amide bonds. The van der Waals surface area contributed by atoms with E-state index >= 15 is 0 Å². The Morgan fingerprint density at radius 2 is 2.10 bits per heavy atom. The zero-order chi connectivity index (χ0) is 15.0. The van der Waals surface area contributed by atoms with Crippen LogP contribution in [-0.4, -0.2) is 66.8 Å². The van der Waals surface area contributed by atoms with E-state index in [0.717, 1.165) is 38.8 Å². The van der Waals surface area contributed by atoms with Crippen molar-refractivity contribution in [3.8, 4) is 0 Å². The first-order chi connectivity index (χ1) is 9.58. The molecule has 1 rings (SSSR count). The Balaban J connectivity index is 2.60. The highest BCUT2D eigenvalue weighted by molar-refractivity contribution is 5.80. The lowest BCUT2D eigenvalue weighted by Crippen LogP contribution is -2.47. The molecule has 1 heterocycles. The van der Waals surface area contributed by atoms with Crippen LogP contribution < -0.4 is 0 Å². The largest absolute Gasteiger partial charge is 0.480 e. The van der Waals surface area contributed by atoms with E-state index in [4.69, 9.17) is 9.84 Å². The van der Waals surface area contributed by atoms with Crippen molar-refractivity contribution in [2.24, 2.45) is 5.92 Å². The van der Waals surface area contributed by atoms with E-state index in [0.29, 0.717) is 19.1 Å². The van der Waals surface area contributed by atoms with Crippen molar-refractivity contribution < 1.29 is 19.4 Å². The summed E-state index contributed by atoms with van der Waals surface area (Å²) >= 11 is 0. The summed E-state index contributed by atoms with van der Waals surface area (Å²) < 4.78 is 4.95. The van der Waals surface area contributed by atoms with E-state index in [2.05, 4.69) is 6.92 Å². The lowest BCUT2D eigenvalue weighted by molar-refractivity contribution is -0.137. The summed E-state index contributed by atoms with van der Waals surface area (Å²) in [6, 6.07) is -0.179. The van der Waals surface area contributed by atoms with Crippen LogP contribution in [-0.2, 0) is 9.53 Å². The number of methoxy groups -OCH3 is 1. The number of hydrogen-bond acceptors (Lipinski definition) is 3. The maximum absolute atomic E-state index is 12.4. The van der Waals surface area contributed by atoms with Crippen LogP contribution in [0.15, 0.2) is 0 Å². The third-order valence-corrected chi connectivity index (χ3v) is 3.86. The molecule has 1 atom stereocenters. The number of nitrogens with zero attached hydrogens (tertiary/aromatic N) is 2. The van der Waals surface area contributed by atoms with Crippen LogP contribution in [0.3, 0.4) is 0 Å². The lowest BCUT2D eigenvalue weighted by atomic mass is 9.98. The zero-order valence-electron chi connectivity index (χ0n) is 12.5. The Morgan fingerprint density at radius 1 is 1.35 bits per heavy atom. The van der Waals surface area contributed by atoms with Crippen LogP contribution in [0.1, 0.15) is 32.6 Å². The van der Waals surface area contributed by atoms with Gasteiger partial charge in [0.05, 0.1) is 6.61 Å². The highest BCUT2D eigenvalue weighted by atomic mass is 16.5. The van der Waals surface area contributed by atoms with E-state index in [1.54, 1.807) is 12.0 Å². The summed E-state index contributed by atoms with van der Waals surface area (Å²) in [6.45, 7) is 4.02. The fourth-order valence-electron chi connectivity index (χ4n) is 2.57. The Hall–Kier alpha value is -1.30. The number of carboxylic acid groups (broad SMARTS) is 1. The first-order valence-electron chi connectivity index (χ1n) is 7.33. The summed E-state index contributed by atoms with van der Waals surface area (Å²) in [5.41, 5.74) is 0. The van der Waals surface area contributed by atoms with Crippen molar-refractivity contribution in [1.82, 2.24) is 9.80 Å². The van der Waals surface area contributed by atoms with Gasteiger partial charge in [0.25, 0.3) is 0 Å². The van der Waals surface area contributed by atoms with Crippen molar-refractivity contribution in [2.75, 3.05) is 39.9 Å². The molecule has 1 fully saturated rings. The minimum absolute atomic E-state index is 0.179. The van der Waals surface area contributed by atoms with Gasteiger partial charge in [-0.2, -0.15) is 0 Å². The predicted molar refractivity (Wildman–Crippen MR) is 75.7 cm³/mol. The van der Waals surface area contributed by atoms with Crippen molar-refractivity contribution in [3.05, 3.63) is 0 Å². The van der Waals surface area contributed by atoms with Gasteiger partial charge in [0.15, 0.2) is 0 Å². The van der Waals surface area contributed by atoms with Gasteiger partial charge in [-0.3, -0.25) is 4.79 Å². The molecule has 1 N–H and O–H groups in total. The summed E-state index contributed by atoms with van der Waals surface area (Å²) in [6.07, 6.45) is 4.30. The first-order valence-corrected chi connectivity index (χ1v) is 7.33. The Kier molecular flexibility index (Phi) is 7.36. The van der Waals surface area contributed by atoms with Crippen LogP contribution in [0.4, 0.5) is 4.79 Å². The molecule has 1 saturated heterocycles. The molecule has 0 saturated carbocycles. The van der Waals surface area contributed by atoms with Crippen LogP contribution in [0, 0.1) is 5.92 Å². The molecule has 0 spiro atoms. The second-order valence-corrected chi connectivity index (χ2v) is 5.28. The molecule has 1 aliphatic rings. The Labute approximate surface area is 120 Å². The normalized spacial score (nSPS) is 19.5. The molecule has 20 heavy (non-hydrogen) atoms. The van der Waals surface area contributed by atoms with Crippen LogP contribution in [0.2, 0.25) is 0 Å². The average Bonchev–Trinajstić information content (AvgIpc) is 2.67. The Morgan fingerprint density at radius 3 is 2.70 bits per heavy atom. The minimum Gasteiger partial charge on any atom is -0.480 e. The van der Waals surface area contributed by atoms with Crippen LogP contribution in [0.5, 0.6) is 0 Å². The average molecular weight is 286 g/mol. The van der Waals surface area contributed by atoms with E-state index in [-0.39, 0.29) is 12.6 Å². The first kappa shape index (κ1) is 16.8. The van der Waals surface area contributed by atoms with Crippen LogP contribution in [0.25, 0.3) is 0 Å². The zero-order valence-corrected chi connectivity index (χ0v) is 12.5. The maximum atomic E-state index is 12.4. The molecule has 6 nitrogen and oxygen atoms in total. The van der Waals surface area contributed by atoms with Crippen molar-refractivity contribution in [3.63, 3.8) is 0 Å². The quantitative estimate of drug-likeness (QED) is 0.806. The summed E-state index contributed by atoms with van der Waals surface area (Å²) in [5, 5.41) is 8.91. The molecule has 0 aromatic heterocycles. The van der Waals surface area contributed by atoms with Gasteiger partial charge in [-0.25, -0.2) is 4.79 Å². The van der Waals surface area contributed by atoms with Gasteiger partial charge >= 0.3 is 12.0 Å². The monoisotopic (exact) mass is 286 g/mol. The second-order valence-electron chi connectivity index (χ2n) is 5.28. The Bertz CT molecular complexity index is 322. The summed E-state index contributed by atoms with van der Waals surface area (Å²) in [7, 11) is 1.54. The fraction of sp³-hybridized carbons (Fsp3) is 0.857. The van der Waals surface area contributed by atoms with E-state index in [1.165, 1.54) is 4.90 Å². The standard InChI is InChI=1S/C14H26N2O4/c1-3-12-5-4-7-15(8-6-12)14(19)16(9-10-20-2)11-13(17)18/h12H,3-11H2,1-2H3,(H,17,18). The number of carbonyl (C=O) groups is 2. The van der Waals surface area contributed by atoms with Crippen molar-refractivity contribution in [1.29, 1.82) is 0 Å². The predicted octanol–water partition coefficient (Wildman–Crippen LogP) is 1.65. The number of carboxylic acids is 1. The van der Waals surface area contributed by atoms with Gasteiger partial charge in [-0.15, -0.1) is 0 Å². The molecule has 0 radical (unpaired) electrons. The molecule has 116 valence electrons. The summed E-state index contributed by atoms with van der Waals surface area (Å²) in [4.78, 5) is 26.4. The molecule has 1 aliphatic heterocycles. The number of amides is 2. The minimum atomic E-state index is -0.990. The molecular formula is C14H26N2O4. The van der Waals surface area contributed by atoms with Gasteiger partial charge in [-0.1, -0.05) is 13.3 Å².